The first-order valence-corrected chi connectivity index (χ1v) is 14.7. The molecule has 6 N–H and O–H groups in total. The zero-order chi connectivity index (χ0) is 32.7. The van der Waals surface area contributed by atoms with Gasteiger partial charge >= 0.3 is 12.2 Å². The fourth-order valence-electron chi connectivity index (χ4n) is 4.57. The number of carbonyl (C=O) groups is 4. The summed E-state index contributed by atoms with van der Waals surface area (Å²) in [5.41, 5.74) is 0.980. The Morgan fingerprint density at radius 1 is 0.864 bits per heavy atom. The fraction of sp³-hybridized carbons (Fsp3) is 0.500. The molecule has 4 amide bonds. The number of nitrogens with one attached hydrogen (secondary N) is 4. The van der Waals surface area contributed by atoms with Gasteiger partial charge in [-0.25, -0.2) is 9.59 Å². The van der Waals surface area contributed by atoms with Gasteiger partial charge in [-0.15, -0.1) is 0 Å². The molecule has 0 fully saturated rings. The van der Waals surface area contributed by atoms with Gasteiger partial charge in [-0.3, -0.25) is 9.59 Å². The summed E-state index contributed by atoms with van der Waals surface area (Å²) in [4.78, 5) is 51.7. The number of benzene rings is 2. The van der Waals surface area contributed by atoms with Crippen molar-refractivity contribution in [2.75, 3.05) is 13.1 Å². The topological polar surface area (TPSA) is 175 Å². The number of fused-ring (bicyclic) bond motifs is 5. The first-order valence-electron chi connectivity index (χ1n) is 14.7. The summed E-state index contributed by atoms with van der Waals surface area (Å²) in [5.74, 6) is -1.14. The Kier molecular flexibility index (Phi) is 11.1. The van der Waals surface area contributed by atoms with Crippen LogP contribution in [0.15, 0.2) is 36.4 Å². The van der Waals surface area contributed by atoms with Crippen LogP contribution in [0.4, 0.5) is 9.59 Å². The van der Waals surface area contributed by atoms with Crippen LogP contribution in [0, 0.1) is 0 Å². The van der Waals surface area contributed by atoms with Crippen molar-refractivity contribution in [1.29, 1.82) is 0 Å². The van der Waals surface area contributed by atoms with Crippen LogP contribution in [-0.4, -0.2) is 70.6 Å². The van der Waals surface area contributed by atoms with E-state index in [9.17, 15) is 29.4 Å². The summed E-state index contributed by atoms with van der Waals surface area (Å²) < 4.78 is 10.6. The summed E-state index contributed by atoms with van der Waals surface area (Å²) in [6.45, 7) is 10.7. The Balaban J connectivity index is 1.91. The first-order chi connectivity index (χ1) is 20.5. The maximum absolute atomic E-state index is 13.6. The van der Waals surface area contributed by atoms with Crippen molar-refractivity contribution in [3.05, 3.63) is 47.5 Å². The lowest BCUT2D eigenvalue weighted by Gasteiger charge is -2.25. The van der Waals surface area contributed by atoms with Crippen molar-refractivity contribution in [2.24, 2.45) is 0 Å². The van der Waals surface area contributed by atoms with Gasteiger partial charge in [0, 0.05) is 19.5 Å². The summed E-state index contributed by atoms with van der Waals surface area (Å²) in [6.07, 6.45) is -0.734. The molecule has 0 radical (unpaired) electrons. The third-order valence-electron chi connectivity index (χ3n) is 6.59. The van der Waals surface area contributed by atoms with Gasteiger partial charge in [-0.05, 0) is 107 Å². The molecule has 240 valence electrons. The molecule has 4 bridgehead atoms. The lowest BCUT2D eigenvalue weighted by Crippen LogP contribution is -2.55. The lowest BCUT2D eigenvalue weighted by molar-refractivity contribution is -0.130. The zero-order valence-electron chi connectivity index (χ0n) is 26.2. The lowest BCUT2D eigenvalue weighted by atomic mass is 9.96. The highest BCUT2D eigenvalue weighted by molar-refractivity contribution is 5.91. The van der Waals surface area contributed by atoms with E-state index in [1.165, 1.54) is 6.07 Å². The molecule has 0 saturated carbocycles. The van der Waals surface area contributed by atoms with Gasteiger partial charge in [0.2, 0.25) is 11.8 Å². The van der Waals surface area contributed by atoms with Crippen LogP contribution in [0.3, 0.4) is 0 Å². The van der Waals surface area contributed by atoms with E-state index in [-0.39, 0.29) is 37.4 Å². The molecule has 1 aliphatic rings. The monoisotopic (exact) mass is 612 g/mol. The molecule has 12 heteroatoms. The summed E-state index contributed by atoms with van der Waals surface area (Å²) in [5, 5.41) is 31.9. The van der Waals surface area contributed by atoms with Gasteiger partial charge in [0.05, 0.1) is 0 Å². The number of hydrogen-bond acceptors (Lipinski definition) is 8. The van der Waals surface area contributed by atoms with Crippen molar-refractivity contribution in [2.45, 2.75) is 90.5 Å². The highest BCUT2D eigenvalue weighted by Crippen LogP contribution is 2.30. The number of ether oxygens (including phenoxy) is 2. The quantitative estimate of drug-likeness (QED) is 0.277. The molecule has 12 nitrogen and oxygen atoms in total. The number of hydrogen-bond donors (Lipinski definition) is 6. The molecule has 3 rings (SSSR count). The van der Waals surface area contributed by atoms with Gasteiger partial charge in [0.15, 0.2) is 0 Å². The minimum Gasteiger partial charge on any atom is -0.508 e. The third-order valence-corrected chi connectivity index (χ3v) is 6.59. The highest BCUT2D eigenvalue weighted by atomic mass is 16.6. The highest BCUT2D eigenvalue weighted by Gasteiger charge is 2.30. The summed E-state index contributed by atoms with van der Waals surface area (Å²) in [6, 6.07) is 7.81. The number of alkyl carbamates (subject to hydrolysis) is 2. The first kappa shape index (κ1) is 34.0. The number of phenolic OH excluding ortho intramolecular Hbond substituents is 2. The molecule has 0 saturated heterocycles. The third kappa shape index (κ3) is 10.7. The smallest absolute Gasteiger partial charge is 0.408 e. The average Bonchev–Trinajstić information content (AvgIpc) is 2.89. The predicted octanol–water partition coefficient (Wildman–Crippen LogP) is 3.66. The summed E-state index contributed by atoms with van der Waals surface area (Å²) >= 11 is 0. The molecule has 2 aromatic carbocycles. The van der Waals surface area contributed by atoms with E-state index >= 15 is 0 Å². The van der Waals surface area contributed by atoms with Crippen molar-refractivity contribution >= 4 is 24.0 Å². The van der Waals surface area contributed by atoms with E-state index in [2.05, 4.69) is 21.3 Å². The molecule has 0 unspecified atom stereocenters. The molecule has 2 atom stereocenters. The van der Waals surface area contributed by atoms with Gasteiger partial charge in [0.1, 0.15) is 34.8 Å². The molecular weight excluding hydrogens is 568 g/mol. The Bertz CT molecular complexity index is 1360. The molecule has 1 aliphatic heterocycles. The predicted molar refractivity (Wildman–Crippen MR) is 164 cm³/mol. The number of carbonyl (C=O) groups excluding carboxylic acids is 4. The molecule has 0 aromatic heterocycles. The van der Waals surface area contributed by atoms with Crippen LogP contribution in [0.1, 0.15) is 65.5 Å². The maximum Gasteiger partial charge on any atom is 0.408 e. The normalized spacial score (nSPS) is 17.7. The van der Waals surface area contributed by atoms with Crippen LogP contribution in [0.2, 0.25) is 0 Å². The number of aromatic hydroxyl groups is 2. The fourth-order valence-corrected chi connectivity index (χ4v) is 4.57. The maximum atomic E-state index is 13.6. The largest absolute Gasteiger partial charge is 0.508 e. The Labute approximate surface area is 257 Å². The van der Waals surface area contributed by atoms with Crippen molar-refractivity contribution in [3.8, 4) is 22.6 Å². The molecule has 0 spiro atoms. The van der Waals surface area contributed by atoms with Crippen molar-refractivity contribution in [3.63, 3.8) is 0 Å². The molecule has 1 heterocycles. The molecule has 44 heavy (non-hydrogen) atoms. The SMILES string of the molecule is CC(C)(C)OC(=O)NCCC[C@@H]1NC(=O)[C@@H](NC(=O)OC(C)(C)C)Cc2cc(ccc2O)-c2ccc(O)c(c2)CCNC1=O. The zero-order valence-corrected chi connectivity index (χ0v) is 26.2. The van der Waals surface area contributed by atoms with Gasteiger partial charge in [-0.2, -0.15) is 0 Å². The van der Waals surface area contributed by atoms with Crippen molar-refractivity contribution < 1.29 is 38.9 Å². The average molecular weight is 613 g/mol. The van der Waals surface area contributed by atoms with Gasteiger partial charge in [-0.1, -0.05) is 12.1 Å². The second-order valence-corrected chi connectivity index (χ2v) is 12.8. The van der Waals surface area contributed by atoms with Gasteiger partial charge < -0.3 is 41.0 Å². The van der Waals surface area contributed by atoms with E-state index in [0.717, 1.165) is 11.1 Å². The van der Waals surface area contributed by atoms with Crippen LogP contribution < -0.4 is 21.3 Å². The van der Waals surface area contributed by atoms with E-state index in [1.54, 1.807) is 71.9 Å². The van der Waals surface area contributed by atoms with Crippen LogP contribution in [0.25, 0.3) is 11.1 Å². The van der Waals surface area contributed by atoms with Crippen LogP contribution in [-0.2, 0) is 31.9 Å². The molecule has 2 aromatic rings. The van der Waals surface area contributed by atoms with E-state index in [0.29, 0.717) is 24.0 Å². The summed E-state index contributed by atoms with van der Waals surface area (Å²) in [7, 11) is 0. The van der Waals surface area contributed by atoms with E-state index in [1.807, 2.05) is 0 Å². The van der Waals surface area contributed by atoms with E-state index in [4.69, 9.17) is 9.47 Å². The van der Waals surface area contributed by atoms with E-state index < -0.39 is 47.3 Å². The Morgan fingerprint density at radius 3 is 2.05 bits per heavy atom. The number of phenols is 2. The molecule has 0 aliphatic carbocycles. The second-order valence-electron chi connectivity index (χ2n) is 12.8. The minimum absolute atomic E-state index is 0.0750. The number of amides is 4. The van der Waals surface area contributed by atoms with Crippen LogP contribution in [0.5, 0.6) is 11.5 Å². The second kappa shape index (κ2) is 14.3. The minimum atomic E-state index is -1.21. The van der Waals surface area contributed by atoms with Crippen molar-refractivity contribution in [1.82, 2.24) is 21.3 Å². The Hall–Kier alpha value is -4.48. The Morgan fingerprint density at radius 2 is 1.43 bits per heavy atom. The van der Waals surface area contributed by atoms with Crippen LogP contribution >= 0.6 is 0 Å². The number of rotatable bonds is 5. The molecular formula is C32H44N4O8. The van der Waals surface area contributed by atoms with Gasteiger partial charge in [0.25, 0.3) is 0 Å². The standard InChI is InChI=1S/C32H44N4O8/c1-31(2,3)43-29(41)34-14-7-8-23-27(39)33-15-13-21-16-19(9-11-25(21)37)20-10-12-26(38)22(17-20)18-24(28(40)35-23)36-30(42)44-32(4,5)6/h9-12,16-17,23-24,37-38H,7-8,13-15,18H2,1-6H3,(H,33,39)(H,34,41)(H,35,40)(H,36,42)/t23-,24-/m0/s1.